The summed E-state index contributed by atoms with van der Waals surface area (Å²) < 4.78 is 68.1. The molecule has 4 aromatic rings. The predicted molar refractivity (Wildman–Crippen MR) is 183 cm³/mol. The van der Waals surface area contributed by atoms with Crippen LogP contribution in [0.4, 0.5) is 29.2 Å². The number of ether oxygens (including phenoxy) is 2. The Morgan fingerprint density at radius 3 is 2.24 bits per heavy atom. The Kier molecular flexibility index (Phi) is 9.43. The molecule has 1 N–H and O–H groups in total. The highest BCUT2D eigenvalue weighted by Crippen LogP contribution is 2.46. The maximum Gasteiger partial charge on any atom is 0.412 e. The number of benzene rings is 2. The minimum atomic E-state index is -4.05. The minimum absolute atomic E-state index is 0.0119. The predicted octanol–water partition coefficient (Wildman–Crippen LogP) is 7.12. The van der Waals surface area contributed by atoms with Gasteiger partial charge in [-0.05, 0) is 59.2 Å². The van der Waals surface area contributed by atoms with Gasteiger partial charge in [0.1, 0.15) is 39.4 Å². The van der Waals surface area contributed by atoms with Crippen molar-refractivity contribution in [2.24, 2.45) is 0 Å². The summed E-state index contributed by atoms with van der Waals surface area (Å²) in [5.74, 6) is -1.68. The van der Waals surface area contributed by atoms with Crippen LogP contribution in [0.15, 0.2) is 23.4 Å². The Balaban J connectivity index is 1.65. The fraction of sp³-hybridized carbons (Fsp3) is 0.406. The number of nitriles is 1. The molecule has 3 heterocycles. The van der Waals surface area contributed by atoms with E-state index in [0.29, 0.717) is 0 Å². The van der Waals surface area contributed by atoms with E-state index in [4.69, 9.17) is 21.1 Å². The normalized spacial score (nSPS) is 14.2. The molecule has 2 aromatic carbocycles. The van der Waals surface area contributed by atoms with E-state index in [0.717, 1.165) is 23.7 Å². The van der Waals surface area contributed by atoms with Gasteiger partial charge < -0.3 is 19.3 Å². The quantitative estimate of drug-likeness (QED) is 0.214. The molecule has 17 heteroatoms. The lowest BCUT2D eigenvalue weighted by molar-refractivity contribution is 0.0240. The molecule has 0 saturated carbocycles. The Bertz CT molecular complexity index is 2170. The minimum Gasteiger partial charge on any atom is -0.444 e. The SMILES string of the molecule is CC(C)(C)OC(=O)Nc1sc2c(F)ccc(-c3c(Cl)cc4c(N5CCN(C(=O)OC(C)(C)C)CC5)nc(S(C)(=O)=O)nc4c3F)c2c1C#N. The lowest BCUT2D eigenvalue weighted by atomic mass is 9.97. The van der Waals surface area contributed by atoms with Crippen molar-refractivity contribution in [3.05, 3.63) is 40.4 Å². The highest BCUT2D eigenvalue weighted by Gasteiger charge is 2.31. The summed E-state index contributed by atoms with van der Waals surface area (Å²) in [6, 6.07) is 5.66. The number of carbonyl (C=O) groups is 2. The van der Waals surface area contributed by atoms with Crippen LogP contribution >= 0.6 is 22.9 Å². The number of nitrogens with zero attached hydrogens (tertiary/aromatic N) is 5. The van der Waals surface area contributed by atoms with E-state index in [1.165, 1.54) is 17.0 Å². The van der Waals surface area contributed by atoms with Crippen LogP contribution < -0.4 is 10.2 Å². The Morgan fingerprint density at radius 2 is 1.67 bits per heavy atom. The van der Waals surface area contributed by atoms with Crippen molar-refractivity contribution in [1.29, 1.82) is 5.26 Å². The van der Waals surface area contributed by atoms with E-state index < -0.39 is 50.0 Å². The number of fused-ring (bicyclic) bond motifs is 2. The molecule has 0 atom stereocenters. The first-order chi connectivity index (χ1) is 22.7. The number of rotatable bonds is 4. The zero-order valence-corrected chi connectivity index (χ0v) is 30.1. The van der Waals surface area contributed by atoms with Crippen LogP contribution in [-0.2, 0) is 19.3 Å². The molecule has 1 saturated heterocycles. The number of hydrogen-bond acceptors (Lipinski definition) is 11. The van der Waals surface area contributed by atoms with Gasteiger partial charge in [-0.15, -0.1) is 11.3 Å². The smallest absolute Gasteiger partial charge is 0.412 e. The standard InChI is InChI=1S/C32H33ClF2N6O6S2/c1-31(2,3)46-29(42)39-27-18(15-36)21-16(8-9-20(34)25(21)48-27)22-19(33)14-17-24(23(22)35)37-28(49(7,44)45)38-26(17)40-10-12-41(13-11-40)30(43)47-32(4,5)6/h8-9,14H,10-13H2,1-7H3,(H,39,42). The number of piperazine rings is 1. The molecule has 1 fully saturated rings. The third kappa shape index (κ3) is 7.48. The maximum atomic E-state index is 16.8. The monoisotopic (exact) mass is 734 g/mol. The highest BCUT2D eigenvalue weighted by atomic mass is 35.5. The molecule has 0 unspecified atom stereocenters. The van der Waals surface area contributed by atoms with Crippen molar-refractivity contribution < 1.29 is 36.3 Å². The lowest BCUT2D eigenvalue weighted by Gasteiger charge is -2.36. The number of nitrogens with one attached hydrogen (secondary N) is 1. The number of halogens is 3. The molecular formula is C32H33ClF2N6O6S2. The Morgan fingerprint density at radius 1 is 1.04 bits per heavy atom. The van der Waals surface area contributed by atoms with Gasteiger partial charge in [-0.1, -0.05) is 17.7 Å². The fourth-order valence-corrected chi connectivity index (χ4v) is 7.08. The van der Waals surface area contributed by atoms with E-state index >= 15 is 8.78 Å². The van der Waals surface area contributed by atoms with E-state index in [1.807, 2.05) is 6.07 Å². The summed E-state index contributed by atoms with van der Waals surface area (Å²) in [6.45, 7) is 11.1. The molecule has 260 valence electrons. The first-order valence-electron chi connectivity index (χ1n) is 15.0. The zero-order valence-electron chi connectivity index (χ0n) is 27.7. The third-order valence-corrected chi connectivity index (χ3v) is 9.45. The second kappa shape index (κ2) is 12.8. The van der Waals surface area contributed by atoms with Gasteiger partial charge in [0.15, 0.2) is 5.82 Å². The average molecular weight is 735 g/mol. The van der Waals surface area contributed by atoms with Crippen LogP contribution in [0.5, 0.6) is 0 Å². The number of sulfone groups is 1. The van der Waals surface area contributed by atoms with E-state index in [9.17, 15) is 23.3 Å². The molecular weight excluding hydrogens is 702 g/mol. The van der Waals surface area contributed by atoms with Crippen molar-refractivity contribution in [2.75, 3.05) is 42.7 Å². The van der Waals surface area contributed by atoms with Crippen molar-refractivity contribution in [3.63, 3.8) is 0 Å². The van der Waals surface area contributed by atoms with Gasteiger partial charge in [0, 0.05) is 48.8 Å². The summed E-state index contributed by atoms with van der Waals surface area (Å²) in [4.78, 5) is 36.7. The summed E-state index contributed by atoms with van der Waals surface area (Å²) in [5.41, 5.74) is -2.34. The van der Waals surface area contributed by atoms with Gasteiger partial charge in [-0.2, -0.15) is 5.26 Å². The second-order valence-electron chi connectivity index (χ2n) is 13.3. The molecule has 0 aliphatic carbocycles. The number of thiophene rings is 1. The average Bonchev–Trinajstić information content (AvgIpc) is 3.34. The number of hydrogen-bond donors (Lipinski definition) is 1. The molecule has 12 nitrogen and oxygen atoms in total. The number of anilines is 2. The Labute approximate surface area is 290 Å². The number of carbonyl (C=O) groups excluding carboxylic acids is 2. The van der Waals surface area contributed by atoms with Crippen LogP contribution in [-0.4, -0.2) is 79.1 Å². The highest BCUT2D eigenvalue weighted by molar-refractivity contribution is 7.90. The van der Waals surface area contributed by atoms with Crippen LogP contribution in [0.1, 0.15) is 47.1 Å². The molecule has 0 radical (unpaired) electrons. The first kappa shape index (κ1) is 36.0. The number of amides is 2. The van der Waals surface area contributed by atoms with E-state index in [-0.39, 0.29) is 79.7 Å². The summed E-state index contributed by atoms with van der Waals surface area (Å²) in [6.07, 6.45) is -0.493. The van der Waals surface area contributed by atoms with Gasteiger partial charge in [-0.3, -0.25) is 5.32 Å². The van der Waals surface area contributed by atoms with Gasteiger partial charge in [0.2, 0.25) is 15.0 Å². The van der Waals surface area contributed by atoms with Crippen LogP contribution in [0.2, 0.25) is 5.02 Å². The molecule has 0 bridgehead atoms. The topological polar surface area (TPSA) is 155 Å². The van der Waals surface area contributed by atoms with Crippen LogP contribution in [0.25, 0.3) is 32.1 Å². The molecule has 5 rings (SSSR count). The molecule has 1 aliphatic heterocycles. The van der Waals surface area contributed by atoms with Crippen LogP contribution in [0, 0.1) is 23.0 Å². The van der Waals surface area contributed by atoms with Crippen LogP contribution in [0.3, 0.4) is 0 Å². The summed E-state index contributed by atoms with van der Waals surface area (Å²) in [7, 11) is -4.05. The van der Waals surface area contributed by atoms with E-state index in [2.05, 4.69) is 15.3 Å². The summed E-state index contributed by atoms with van der Waals surface area (Å²) >= 11 is 7.51. The second-order valence-corrected chi connectivity index (χ2v) is 16.7. The first-order valence-corrected chi connectivity index (χ1v) is 18.0. The zero-order chi connectivity index (χ0) is 36.2. The molecule has 2 aromatic heterocycles. The van der Waals surface area contributed by atoms with Crippen molar-refractivity contribution in [1.82, 2.24) is 14.9 Å². The van der Waals surface area contributed by atoms with Crippen molar-refractivity contribution in [3.8, 4) is 17.2 Å². The largest absolute Gasteiger partial charge is 0.444 e. The third-order valence-electron chi connectivity index (χ3n) is 7.19. The lowest BCUT2D eigenvalue weighted by Crippen LogP contribution is -2.50. The summed E-state index contributed by atoms with van der Waals surface area (Å²) in [5, 5.41) is 11.9. The van der Waals surface area contributed by atoms with Gasteiger partial charge in [0.25, 0.3) is 0 Å². The van der Waals surface area contributed by atoms with Gasteiger partial charge in [-0.25, -0.2) is 36.8 Å². The fourth-order valence-electron chi connectivity index (χ4n) is 5.21. The molecule has 1 aliphatic rings. The molecule has 0 spiro atoms. The Hall–Kier alpha value is -4.33. The van der Waals surface area contributed by atoms with Crippen molar-refractivity contribution >= 4 is 76.8 Å². The number of aromatic nitrogens is 2. The van der Waals surface area contributed by atoms with Gasteiger partial charge in [0.05, 0.1) is 15.3 Å². The molecule has 2 amide bonds. The molecule has 49 heavy (non-hydrogen) atoms. The van der Waals surface area contributed by atoms with Crippen molar-refractivity contribution in [2.45, 2.75) is 57.9 Å². The maximum absolute atomic E-state index is 16.8. The van der Waals surface area contributed by atoms with E-state index in [1.54, 1.807) is 46.4 Å². The van der Waals surface area contributed by atoms with Gasteiger partial charge >= 0.3 is 12.2 Å².